The first-order valence-corrected chi connectivity index (χ1v) is 6.78. The minimum Gasteiger partial charge on any atom is -0.306 e. The van der Waals surface area contributed by atoms with Gasteiger partial charge in [-0.2, -0.15) is 0 Å². The number of hydrogen-bond acceptors (Lipinski definition) is 1. The lowest BCUT2D eigenvalue weighted by Gasteiger charge is -2.32. The van der Waals surface area contributed by atoms with Gasteiger partial charge >= 0.3 is 0 Å². The number of nitrogens with zero attached hydrogens (tertiary/aromatic N) is 1. The standard InChI is InChI=1S/C14H27N/c1-12(2)10-14(6-7-14)11-13-4-8-15(3)9-5-13/h12-13H,4-11H2,1-3H3. The lowest BCUT2D eigenvalue weighted by Crippen LogP contribution is -2.31. The highest BCUT2D eigenvalue weighted by Crippen LogP contribution is 2.55. The first kappa shape index (κ1) is 11.4. The van der Waals surface area contributed by atoms with Gasteiger partial charge in [-0.05, 0) is 75.9 Å². The minimum atomic E-state index is 0.800. The molecule has 1 saturated heterocycles. The Labute approximate surface area is 95.2 Å². The molecule has 0 N–H and O–H groups in total. The molecule has 0 atom stereocenters. The van der Waals surface area contributed by atoms with Gasteiger partial charge in [0, 0.05) is 0 Å². The van der Waals surface area contributed by atoms with E-state index in [0.717, 1.165) is 17.3 Å². The van der Waals surface area contributed by atoms with Crippen LogP contribution in [0.25, 0.3) is 0 Å². The zero-order chi connectivity index (χ0) is 10.9. The van der Waals surface area contributed by atoms with Crippen LogP contribution in [0.2, 0.25) is 0 Å². The first-order valence-electron chi connectivity index (χ1n) is 6.78. The number of piperidine rings is 1. The Kier molecular flexibility index (Phi) is 3.39. The normalized spacial score (nSPS) is 27.2. The summed E-state index contributed by atoms with van der Waals surface area (Å²) in [6, 6.07) is 0. The molecular formula is C14H27N. The number of rotatable bonds is 4. The van der Waals surface area contributed by atoms with Gasteiger partial charge in [0.15, 0.2) is 0 Å². The fraction of sp³-hybridized carbons (Fsp3) is 1.00. The van der Waals surface area contributed by atoms with E-state index in [9.17, 15) is 0 Å². The molecule has 0 spiro atoms. The summed E-state index contributed by atoms with van der Waals surface area (Å²) >= 11 is 0. The third kappa shape index (κ3) is 3.21. The fourth-order valence-electron chi connectivity index (χ4n) is 3.41. The van der Waals surface area contributed by atoms with E-state index in [1.54, 1.807) is 6.42 Å². The Bertz CT molecular complexity index is 197. The van der Waals surface area contributed by atoms with Crippen LogP contribution in [0.3, 0.4) is 0 Å². The van der Waals surface area contributed by atoms with Gasteiger partial charge in [0.05, 0.1) is 0 Å². The quantitative estimate of drug-likeness (QED) is 0.684. The second-order valence-corrected chi connectivity index (χ2v) is 6.55. The maximum absolute atomic E-state index is 2.48. The van der Waals surface area contributed by atoms with Gasteiger partial charge in [-0.15, -0.1) is 0 Å². The van der Waals surface area contributed by atoms with Gasteiger partial charge in [0.25, 0.3) is 0 Å². The zero-order valence-corrected chi connectivity index (χ0v) is 10.8. The largest absolute Gasteiger partial charge is 0.306 e. The van der Waals surface area contributed by atoms with Crippen molar-refractivity contribution in [2.75, 3.05) is 20.1 Å². The molecule has 2 fully saturated rings. The van der Waals surface area contributed by atoms with E-state index in [-0.39, 0.29) is 0 Å². The Balaban J connectivity index is 1.76. The first-order chi connectivity index (χ1) is 7.10. The highest BCUT2D eigenvalue weighted by Gasteiger charge is 2.44. The fourth-order valence-corrected chi connectivity index (χ4v) is 3.41. The summed E-state index contributed by atoms with van der Waals surface area (Å²) in [5.41, 5.74) is 0.800. The molecular weight excluding hydrogens is 182 g/mol. The molecule has 88 valence electrons. The van der Waals surface area contributed by atoms with Crippen molar-refractivity contribution in [3.8, 4) is 0 Å². The van der Waals surface area contributed by atoms with E-state index < -0.39 is 0 Å². The summed E-state index contributed by atoms with van der Waals surface area (Å²) in [4.78, 5) is 2.48. The van der Waals surface area contributed by atoms with Crippen LogP contribution in [0.15, 0.2) is 0 Å². The average molecular weight is 209 g/mol. The van der Waals surface area contributed by atoms with Crippen LogP contribution in [0.4, 0.5) is 0 Å². The Morgan fingerprint density at radius 2 is 1.80 bits per heavy atom. The van der Waals surface area contributed by atoms with Crippen LogP contribution < -0.4 is 0 Å². The second-order valence-electron chi connectivity index (χ2n) is 6.55. The predicted molar refractivity (Wildman–Crippen MR) is 66.0 cm³/mol. The van der Waals surface area contributed by atoms with Crippen molar-refractivity contribution in [1.82, 2.24) is 4.90 Å². The second kappa shape index (κ2) is 4.45. The molecule has 1 nitrogen and oxygen atoms in total. The number of hydrogen-bond donors (Lipinski definition) is 0. The van der Waals surface area contributed by atoms with Gasteiger partial charge in [-0.25, -0.2) is 0 Å². The smallest absolute Gasteiger partial charge is 0.00191 e. The van der Waals surface area contributed by atoms with Crippen LogP contribution in [-0.4, -0.2) is 25.0 Å². The third-order valence-electron chi connectivity index (χ3n) is 4.36. The molecule has 1 saturated carbocycles. The summed E-state index contributed by atoms with van der Waals surface area (Å²) in [6.45, 7) is 7.44. The van der Waals surface area contributed by atoms with E-state index in [4.69, 9.17) is 0 Å². The minimum absolute atomic E-state index is 0.800. The maximum Gasteiger partial charge on any atom is -0.00191 e. The van der Waals surface area contributed by atoms with Crippen LogP contribution >= 0.6 is 0 Å². The van der Waals surface area contributed by atoms with Crippen molar-refractivity contribution >= 4 is 0 Å². The van der Waals surface area contributed by atoms with Gasteiger partial charge in [0.2, 0.25) is 0 Å². The summed E-state index contributed by atoms with van der Waals surface area (Å²) in [6.07, 6.45) is 8.99. The van der Waals surface area contributed by atoms with Crippen molar-refractivity contribution in [2.45, 2.75) is 52.4 Å². The van der Waals surface area contributed by atoms with E-state index >= 15 is 0 Å². The number of likely N-dealkylation sites (tertiary alicyclic amines) is 1. The molecule has 2 aliphatic rings. The molecule has 1 heterocycles. The summed E-state index contributed by atoms with van der Waals surface area (Å²) in [7, 11) is 2.26. The Morgan fingerprint density at radius 3 is 2.27 bits per heavy atom. The lowest BCUT2D eigenvalue weighted by atomic mass is 9.81. The molecule has 0 radical (unpaired) electrons. The predicted octanol–water partition coefficient (Wildman–Crippen LogP) is 3.54. The highest BCUT2D eigenvalue weighted by atomic mass is 15.1. The van der Waals surface area contributed by atoms with E-state index in [1.807, 2.05) is 0 Å². The molecule has 0 bridgehead atoms. The van der Waals surface area contributed by atoms with Crippen LogP contribution in [0.1, 0.15) is 52.4 Å². The Hall–Kier alpha value is -0.0400. The van der Waals surface area contributed by atoms with Gasteiger partial charge in [0.1, 0.15) is 0 Å². The summed E-state index contributed by atoms with van der Waals surface area (Å²) < 4.78 is 0. The lowest BCUT2D eigenvalue weighted by molar-refractivity contribution is 0.181. The topological polar surface area (TPSA) is 3.24 Å². The molecule has 0 unspecified atom stereocenters. The SMILES string of the molecule is CC(C)CC1(CC2CCN(C)CC2)CC1. The van der Waals surface area contributed by atoms with E-state index in [1.165, 1.54) is 45.2 Å². The molecule has 1 aliphatic heterocycles. The molecule has 1 aliphatic carbocycles. The highest BCUT2D eigenvalue weighted by molar-refractivity contribution is 4.95. The Morgan fingerprint density at radius 1 is 1.20 bits per heavy atom. The summed E-state index contributed by atoms with van der Waals surface area (Å²) in [5, 5.41) is 0. The summed E-state index contributed by atoms with van der Waals surface area (Å²) in [5.74, 6) is 1.95. The van der Waals surface area contributed by atoms with Crippen LogP contribution in [0, 0.1) is 17.3 Å². The maximum atomic E-state index is 2.48. The van der Waals surface area contributed by atoms with Gasteiger partial charge in [-0.1, -0.05) is 13.8 Å². The van der Waals surface area contributed by atoms with E-state index in [2.05, 4.69) is 25.8 Å². The van der Waals surface area contributed by atoms with Gasteiger partial charge < -0.3 is 4.90 Å². The van der Waals surface area contributed by atoms with Crippen molar-refractivity contribution in [2.24, 2.45) is 17.3 Å². The zero-order valence-electron chi connectivity index (χ0n) is 10.8. The average Bonchev–Trinajstić information content (AvgIpc) is 2.88. The van der Waals surface area contributed by atoms with Crippen molar-refractivity contribution in [1.29, 1.82) is 0 Å². The molecule has 0 aromatic heterocycles. The molecule has 0 aromatic rings. The molecule has 0 amide bonds. The van der Waals surface area contributed by atoms with Crippen LogP contribution in [0.5, 0.6) is 0 Å². The van der Waals surface area contributed by atoms with E-state index in [0.29, 0.717) is 0 Å². The van der Waals surface area contributed by atoms with Gasteiger partial charge in [-0.3, -0.25) is 0 Å². The van der Waals surface area contributed by atoms with Crippen molar-refractivity contribution < 1.29 is 0 Å². The molecule has 15 heavy (non-hydrogen) atoms. The molecule has 1 heteroatoms. The van der Waals surface area contributed by atoms with Crippen molar-refractivity contribution in [3.05, 3.63) is 0 Å². The van der Waals surface area contributed by atoms with Crippen molar-refractivity contribution in [3.63, 3.8) is 0 Å². The monoisotopic (exact) mass is 209 g/mol. The van der Waals surface area contributed by atoms with Crippen LogP contribution in [-0.2, 0) is 0 Å². The molecule has 0 aromatic carbocycles. The molecule has 2 rings (SSSR count). The third-order valence-corrected chi connectivity index (χ3v) is 4.36.